The fourth-order valence-corrected chi connectivity index (χ4v) is 5.60. The van der Waals surface area contributed by atoms with E-state index in [0.29, 0.717) is 48.0 Å². The molecule has 2 aromatic rings. The van der Waals surface area contributed by atoms with Gasteiger partial charge in [0.1, 0.15) is 17.3 Å². The first kappa shape index (κ1) is 25.6. The minimum absolute atomic E-state index is 0.0856. The summed E-state index contributed by atoms with van der Waals surface area (Å²) in [7, 11) is 0. The number of aryl methyl sites for hydroxylation is 2. The van der Waals surface area contributed by atoms with Gasteiger partial charge in [-0.15, -0.1) is 0 Å². The number of carbonyl (C=O) groups excluding carboxylic acids is 2. The number of hydrogen-bond donors (Lipinski definition) is 1. The highest BCUT2D eigenvalue weighted by molar-refractivity contribution is 5.94. The van der Waals surface area contributed by atoms with Gasteiger partial charge in [-0.2, -0.15) is 0 Å². The topological polar surface area (TPSA) is 81.7 Å². The Labute approximate surface area is 218 Å². The van der Waals surface area contributed by atoms with Crippen molar-refractivity contribution in [1.29, 1.82) is 0 Å². The number of hydrogen-bond acceptors (Lipinski definition) is 6. The van der Waals surface area contributed by atoms with Crippen LogP contribution >= 0.6 is 0 Å². The summed E-state index contributed by atoms with van der Waals surface area (Å²) in [6.45, 7) is 9.85. The van der Waals surface area contributed by atoms with E-state index < -0.39 is 0 Å². The van der Waals surface area contributed by atoms with Crippen LogP contribution in [0.15, 0.2) is 24.4 Å². The van der Waals surface area contributed by atoms with Crippen molar-refractivity contribution in [2.45, 2.75) is 71.0 Å². The van der Waals surface area contributed by atoms with Gasteiger partial charge in [-0.1, -0.05) is 13.0 Å². The van der Waals surface area contributed by atoms with Crippen LogP contribution in [-0.2, 0) is 0 Å². The fraction of sp³-hybridized carbons (Fsp3) is 0.571. The Kier molecular flexibility index (Phi) is 7.42. The van der Waals surface area contributed by atoms with Crippen LogP contribution in [-0.4, -0.2) is 82.4 Å². The van der Waals surface area contributed by atoms with Crippen molar-refractivity contribution in [1.82, 2.24) is 25.1 Å². The average molecular weight is 509 g/mol. The summed E-state index contributed by atoms with van der Waals surface area (Å²) < 4.78 is 14.0. The van der Waals surface area contributed by atoms with E-state index in [9.17, 15) is 14.0 Å². The first-order valence-electron chi connectivity index (χ1n) is 13.5. The summed E-state index contributed by atoms with van der Waals surface area (Å²) in [5.41, 5.74) is 2.14. The molecular weight excluding hydrogens is 471 g/mol. The lowest BCUT2D eigenvalue weighted by molar-refractivity contribution is 0.0490. The number of aromatic nitrogens is 2. The molecule has 37 heavy (non-hydrogen) atoms. The van der Waals surface area contributed by atoms with E-state index in [1.807, 2.05) is 11.8 Å². The number of benzene rings is 1. The molecule has 9 heteroatoms. The molecule has 8 nitrogen and oxygen atoms in total. The van der Waals surface area contributed by atoms with Gasteiger partial charge in [-0.05, 0) is 63.6 Å². The van der Waals surface area contributed by atoms with Crippen LogP contribution < -0.4 is 10.2 Å². The molecule has 3 aliphatic rings. The van der Waals surface area contributed by atoms with Gasteiger partial charge in [0.05, 0.1) is 11.9 Å². The van der Waals surface area contributed by atoms with Gasteiger partial charge >= 0.3 is 0 Å². The first-order valence-corrected chi connectivity index (χ1v) is 13.5. The van der Waals surface area contributed by atoms with Crippen molar-refractivity contribution in [3.8, 4) is 0 Å². The van der Waals surface area contributed by atoms with Crippen LogP contribution in [0.25, 0.3) is 0 Å². The summed E-state index contributed by atoms with van der Waals surface area (Å²) in [5, 5.41) is 2.98. The Morgan fingerprint density at radius 1 is 1.08 bits per heavy atom. The van der Waals surface area contributed by atoms with Gasteiger partial charge in [0.25, 0.3) is 11.8 Å². The number of nitrogens with one attached hydrogen (secondary N) is 1. The average Bonchev–Trinajstić information content (AvgIpc) is 3.73. The van der Waals surface area contributed by atoms with Gasteiger partial charge < -0.3 is 15.1 Å². The highest BCUT2D eigenvalue weighted by Crippen LogP contribution is 2.27. The van der Waals surface area contributed by atoms with Crippen molar-refractivity contribution >= 4 is 17.6 Å². The molecule has 0 unspecified atom stereocenters. The number of likely N-dealkylation sites (tertiary alicyclic amines) is 1. The summed E-state index contributed by atoms with van der Waals surface area (Å²) in [6, 6.07) is 5.84. The van der Waals surface area contributed by atoms with Crippen molar-refractivity contribution in [2.75, 3.05) is 37.6 Å². The Hall–Kier alpha value is -3.07. The van der Waals surface area contributed by atoms with Gasteiger partial charge in [-0.3, -0.25) is 14.5 Å². The van der Waals surface area contributed by atoms with E-state index >= 15 is 0 Å². The minimum Gasteiger partial charge on any atom is -0.352 e. The van der Waals surface area contributed by atoms with E-state index in [4.69, 9.17) is 0 Å². The molecule has 1 aliphatic carbocycles. The van der Waals surface area contributed by atoms with E-state index in [1.54, 1.807) is 25.3 Å². The van der Waals surface area contributed by atoms with Crippen LogP contribution in [0, 0.1) is 19.7 Å². The molecule has 3 heterocycles. The van der Waals surface area contributed by atoms with E-state index in [2.05, 4.69) is 32.0 Å². The van der Waals surface area contributed by atoms with Crippen LogP contribution in [0.2, 0.25) is 0 Å². The zero-order chi connectivity index (χ0) is 26.1. The standard InChI is InChI=1S/C28H37FN6O2/c1-4-22-17-34(26-19(3)31-25(16-30-26)27(36)32-21-7-8-21)13-14-35(22)23-9-11-33(12-10-23)28(37)20-6-5-18(2)24(29)15-20/h5-6,15-16,21-23H,4,7-14,17H2,1-3H3,(H,32,36)/t22-/m0/s1. The van der Waals surface area contributed by atoms with E-state index in [-0.39, 0.29) is 17.6 Å². The second-order valence-electron chi connectivity index (χ2n) is 10.6. The molecule has 0 spiro atoms. The lowest BCUT2D eigenvalue weighted by atomic mass is 9.97. The maximum atomic E-state index is 14.0. The second-order valence-corrected chi connectivity index (χ2v) is 10.6. The van der Waals surface area contributed by atoms with Crippen LogP contribution in [0.5, 0.6) is 0 Å². The van der Waals surface area contributed by atoms with Crippen LogP contribution in [0.1, 0.15) is 71.1 Å². The number of piperidine rings is 1. The highest BCUT2D eigenvalue weighted by atomic mass is 19.1. The third kappa shape index (κ3) is 5.61. The number of piperazine rings is 1. The molecule has 0 radical (unpaired) electrons. The molecule has 198 valence electrons. The summed E-state index contributed by atoms with van der Waals surface area (Å²) in [4.78, 5) is 41.2. The molecule has 1 aromatic heterocycles. The molecule has 5 rings (SSSR count). The lowest BCUT2D eigenvalue weighted by Crippen LogP contribution is -2.59. The van der Waals surface area contributed by atoms with Gasteiger partial charge in [-0.25, -0.2) is 14.4 Å². The number of halogens is 1. The first-order chi connectivity index (χ1) is 17.8. The second kappa shape index (κ2) is 10.7. The SMILES string of the molecule is CC[C@H]1CN(c2ncc(C(=O)NC3CC3)nc2C)CCN1C1CCN(C(=O)c2ccc(C)c(F)c2)CC1. The molecule has 1 N–H and O–H groups in total. The summed E-state index contributed by atoms with van der Waals surface area (Å²) in [5.74, 6) is 0.295. The minimum atomic E-state index is -0.333. The maximum absolute atomic E-state index is 14.0. The monoisotopic (exact) mass is 508 g/mol. The third-order valence-electron chi connectivity index (χ3n) is 8.00. The van der Waals surface area contributed by atoms with Gasteiger partial charge in [0.2, 0.25) is 0 Å². The molecule has 1 atom stereocenters. The quantitative estimate of drug-likeness (QED) is 0.645. The van der Waals surface area contributed by atoms with Crippen molar-refractivity contribution in [2.24, 2.45) is 0 Å². The Morgan fingerprint density at radius 2 is 1.84 bits per heavy atom. The Bertz CT molecular complexity index is 1160. The molecule has 2 saturated heterocycles. The molecule has 2 aliphatic heterocycles. The maximum Gasteiger partial charge on any atom is 0.271 e. The lowest BCUT2D eigenvalue weighted by Gasteiger charge is -2.47. The number of carbonyl (C=O) groups is 2. The van der Waals surface area contributed by atoms with Crippen molar-refractivity contribution < 1.29 is 14.0 Å². The number of amides is 2. The molecular formula is C28H37FN6O2. The Balaban J connectivity index is 1.18. The predicted octanol–water partition coefficient (Wildman–Crippen LogP) is 3.33. The van der Waals surface area contributed by atoms with E-state index in [0.717, 1.165) is 63.3 Å². The summed E-state index contributed by atoms with van der Waals surface area (Å²) in [6.07, 6.45) is 6.54. The number of nitrogens with zero attached hydrogens (tertiary/aromatic N) is 5. The normalized spacial score (nSPS) is 21.2. The number of anilines is 1. The molecule has 3 fully saturated rings. The molecule has 0 bridgehead atoms. The molecule has 2 amide bonds. The van der Waals surface area contributed by atoms with Gasteiger partial charge in [0, 0.05) is 56.4 Å². The fourth-order valence-electron chi connectivity index (χ4n) is 5.60. The summed E-state index contributed by atoms with van der Waals surface area (Å²) >= 11 is 0. The van der Waals surface area contributed by atoms with E-state index in [1.165, 1.54) is 6.07 Å². The largest absolute Gasteiger partial charge is 0.352 e. The van der Waals surface area contributed by atoms with Crippen molar-refractivity contribution in [3.05, 3.63) is 52.7 Å². The zero-order valence-corrected chi connectivity index (χ0v) is 22.0. The molecule has 1 saturated carbocycles. The van der Waals surface area contributed by atoms with Gasteiger partial charge in [0.15, 0.2) is 0 Å². The Morgan fingerprint density at radius 3 is 2.49 bits per heavy atom. The third-order valence-corrected chi connectivity index (χ3v) is 8.00. The van der Waals surface area contributed by atoms with Crippen LogP contribution in [0.3, 0.4) is 0 Å². The zero-order valence-electron chi connectivity index (χ0n) is 22.0. The molecule has 1 aromatic carbocycles. The predicted molar refractivity (Wildman–Crippen MR) is 140 cm³/mol. The number of rotatable bonds is 6. The van der Waals surface area contributed by atoms with Crippen LogP contribution in [0.4, 0.5) is 10.2 Å². The smallest absolute Gasteiger partial charge is 0.271 e. The highest BCUT2D eigenvalue weighted by Gasteiger charge is 2.35. The van der Waals surface area contributed by atoms with Crippen molar-refractivity contribution in [3.63, 3.8) is 0 Å².